The topological polar surface area (TPSA) is 57.6 Å². The van der Waals surface area contributed by atoms with Crippen LogP contribution in [0.2, 0.25) is 5.02 Å². The van der Waals surface area contributed by atoms with Gasteiger partial charge < -0.3 is 10.0 Å². The first-order chi connectivity index (χ1) is 9.97. The van der Waals surface area contributed by atoms with Crippen molar-refractivity contribution in [2.45, 2.75) is 30.7 Å². The molecule has 2 atom stereocenters. The van der Waals surface area contributed by atoms with Crippen molar-refractivity contribution in [3.05, 3.63) is 29.3 Å². The highest BCUT2D eigenvalue weighted by Crippen LogP contribution is 2.25. The van der Waals surface area contributed by atoms with E-state index >= 15 is 0 Å². The zero-order valence-corrected chi connectivity index (χ0v) is 13.4. The Kier molecular flexibility index (Phi) is 5.53. The van der Waals surface area contributed by atoms with Crippen molar-refractivity contribution in [2.75, 3.05) is 12.3 Å². The lowest BCUT2D eigenvalue weighted by Gasteiger charge is -2.36. The molecule has 0 aliphatic carbocycles. The third kappa shape index (κ3) is 4.38. The molecular weight excluding hydrogens is 310 g/mol. The summed E-state index contributed by atoms with van der Waals surface area (Å²) < 4.78 is 0. The van der Waals surface area contributed by atoms with Gasteiger partial charge in [-0.15, -0.1) is 11.8 Å². The molecular formula is C15H18ClNO3S. The van der Waals surface area contributed by atoms with E-state index in [0.29, 0.717) is 30.2 Å². The fourth-order valence-electron chi connectivity index (χ4n) is 2.53. The number of carbonyl (C=O) groups is 2. The minimum atomic E-state index is -0.760. The maximum Gasteiger partial charge on any atom is 0.306 e. The van der Waals surface area contributed by atoms with E-state index in [2.05, 4.69) is 0 Å². The van der Waals surface area contributed by atoms with Crippen molar-refractivity contribution < 1.29 is 14.7 Å². The summed E-state index contributed by atoms with van der Waals surface area (Å²) in [5, 5.41) is 9.71. The molecule has 1 aromatic carbocycles. The molecule has 0 radical (unpaired) electrons. The van der Waals surface area contributed by atoms with E-state index in [1.807, 2.05) is 19.1 Å². The third-order valence-corrected chi connectivity index (χ3v) is 4.97. The molecule has 1 aliphatic rings. The van der Waals surface area contributed by atoms with Crippen molar-refractivity contribution in [1.29, 1.82) is 0 Å². The molecule has 1 aliphatic heterocycles. The van der Waals surface area contributed by atoms with Gasteiger partial charge in [-0.25, -0.2) is 0 Å². The molecule has 114 valence electrons. The lowest BCUT2D eigenvalue weighted by molar-refractivity contribution is -0.146. The molecule has 6 heteroatoms. The van der Waals surface area contributed by atoms with Crippen LogP contribution < -0.4 is 0 Å². The summed E-state index contributed by atoms with van der Waals surface area (Å²) in [5.41, 5.74) is 0. The van der Waals surface area contributed by atoms with Gasteiger partial charge in [0.1, 0.15) is 0 Å². The average Bonchev–Trinajstić information content (AvgIpc) is 2.46. The lowest BCUT2D eigenvalue weighted by atomic mass is 9.92. The van der Waals surface area contributed by atoms with E-state index in [0.717, 1.165) is 4.90 Å². The molecule has 0 saturated carbocycles. The summed E-state index contributed by atoms with van der Waals surface area (Å²) in [6.45, 7) is 2.44. The highest BCUT2D eigenvalue weighted by molar-refractivity contribution is 8.00. The highest BCUT2D eigenvalue weighted by Gasteiger charge is 2.31. The number of benzene rings is 1. The maximum absolute atomic E-state index is 12.3. The number of piperidine rings is 1. The van der Waals surface area contributed by atoms with Crippen LogP contribution >= 0.6 is 23.4 Å². The minimum absolute atomic E-state index is 0.0156. The van der Waals surface area contributed by atoms with Crippen LogP contribution in [0.5, 0.6) is 0 Å². The summed E-state index contributed by atoms with van der Waals surface area (Å²) in [7, 11) is 0. The lowest BCUT2D eigenvalue weighted by Crippen LogP contribution is -2.46. The second-order valence-electron chi connectivity index (χ2n) is 5.24. The van der Waals surface area contributed by atoms with E-state index in [4.69, 9.17) is 16.7 Å². The van der Waals surface area contributed by atoms with Crippen LogP contribution in [0, 0.1) is 5.92 Å². The Morgan fingerprint density at radius 3 is 2.62 bits per heavy atom. The number of aliphatic carboxylic acids is 1. The summed E-state index contributed by atoms with van der Waals surface area (Å²) in [6, 6.07) is 7.36. The number of carboxylic acid groups (broad SMARTS) is 1. The number of carboxylic acids is 1. The van der Waals surface area contributed by atoms with Gasteiger partial charge in [-0.1, -0.05) is 11.6 Å². The monoisotopic (exact) mass is 327 g/mol. The van der Waals surface area contributed by atoms with Gasteiger partial charge in [-0.3, -0.25) is 9.59 Å². The molecule has 1 amide bonds. The minimum Gasteiger partial charge on any atom is -0.481 e. The number of nitrogens with zero attached hydrogens (tertiary/aromatic N) is 1. The number of thioether (sulfide) groups is 1. The normalized spacial score (nSPS) is 22.1. The molecule has 0 spiro atoms. The summed E-state index contributed by atoms with van der Waals surface area (Å²) in [5.74, 6) is -0.660. The Balaban J connectivity index is 1.86. The Morgan fingerprint density at radius 1 is 1.38 bits per heavy atom. The average molecular weight is 328 g/mol. The van der Waals surface area contributed by atoms with Gasteiger partial charge in [-0.05, 0) is 44.0 Å². The molecule has 2 unspecified atom stereocenters. The molecule has 21 heavy (non-hydrogen) atoms. The van der Waals surface area contributed by atoms with Crippen LogP contribution in [0.25, 0.3) is 0 Å². The van der Waals surface area contributed by atoms with Gasteiger partial charge in [0.2, 0.25) is 5.91 Å². The summed E-state index contributed by atoms with van der Waals surface area (Å²) in [6.07, 6.45) is 1.07. The SMILES string of the molecule is CC1CC(C(=O)O)CCN1C(=O)CSc1ccc(Cl)cc1. The van der Waals surface area contributed by atoms with Crippen LogP contribution in [0.4, 0.5) is 0 Å². The first-order valence-corrected chi connectivity index (χ1v) is 8.24. The van der Waals surface area contributed by atoms with Crippen molar-refractivity contribution in [3.8, 4) is 0 Å². The smallest absolute Gasteiger partial charge is 0.306 e. The van der Waals surface area contributed by atoms with E-state index in [1.54, 1.807) is 17.0 Å². The fourth-order valence-corrected chi connectivity index (χ4v) is 3.44. The fraction of sp³-hybridized carbons (Fsp3) is 0.467. The number of rotatable bonds is 4. The predicted octanol–water partition coefficient (Wildman–Crippen LogP) is 3.14. The van der Waals surface area contributed by atoms with Crippen molar-refractivity contribution in [1.82, 2.24) is 4.90 Å². The molecule has 0 aromatic heterocycles. The molecule has 2 rings (SSSR count). The molecule has 1 fully saturated rings. The van der Waals surface area contributed by atoms with E-state index in [1.165, 1.54) is 11.8 Å². The Hall–Kier alpha value is -1.20. The molecule has 4 nitrogen and oxygen atoms in total. The molecule has 1 aromatic rings. The van der Waals surface area contributed by atoms with Crippen molar-refractivity contribution in [3.63, 3.8) is 0 Å². The van der Waals surface area contributed by atoms with Gasteiger partial charge in [0, 0.05) is 22.5 Å². The zero-order chi connectivity index (χ0) is 15.4. The Labute approximate surface area is 133 Å². The second-order valence-corrected chi connectivity index (χ2v) is 6.72. The maximum atomic E-state index is 12.3. The van der Waals surface area contributed by atoms with Gasteiger partial charge in [0.15, 0.2) is 0 Å². The standard InChI is InChI=1S/C15H18ClNO3S/c1-10-8-11(15(19)20)6-7-17(10)14(18)9-21-13-4-2-12(16)3-5-13/h2-5,10-11H,6-9H2,1H3,(H,19,20). The molecule has 1 heterocycles. The molecule has 1 saturated heterocycles. The number of likely N-dealkylation sites (tertiary alicyclic amines) is 1. The molecule has 0 bridgehead atoms. The van der Waals surface area contributed by atoms with E-state index < -0.39 is 5.97 Å². The van der Waals surface area contributed by atoms with Crippen LogP contribution in [0.1, 0.15) is 19.8 Å². The van der Waals surface area contributed by atoms with Crippen molar-refractivity contribution in [2.24, 2.45) is 5.92 Å². The van der Waals surface area contributed by atoms with Gasteiger partial charge in [0.05, 0.1) is 11.7 Å². The quantitative estimate of drug-likeness (QED) is 0.863. The first kappa shape index (κ1) is 16.2. The van der Waals surface area contributed by atoms with Crippen LogP contribution in [-0.2, 0) is 9.59 Å². The summed E-state index contributed by atoms with van der Waals surface area (Å²) in [4.78, 5) is 26.0. The van der Waals surface area contributed by atoms with Gasteiger partial charge in [-0.2, -0.15) is 0 Å². The number of carbonyl (C=O) groups excluding carboxylic acids is 1. The number of hydrogen-bond donors (Lipinski definition) is 1. The van der Waals surface area contributed by atoms with Crippen LogP contribution in [0.3, 0.4) is 0 Å². The number of amides is 1. The second kappa shape index (κ2) is 7.18. The van der Waals surface area contributed by atoms with Gasteiger partial charge >= 0.3 is 5.97 Å². The van der Waals surface area contributed by atoms with Crippen LogP contribution in [0.15, 0.2) is 29.2 Å². The van der Waals surface area contributed by atoms with E-state index in [-0.39, 0.29) is 17.9 Å². The Morgan fingerprint density at radius 2 is 2.05 bits per heavy atom. The van der Waals surface area contributed by atoms with Gasteiger partial charge in [0.25, 0.3) is 0 Å². The zero-order valence-electron chi connectivity index (χ0n) is 11.8. The predicted molar refractivity (Wildman–Crippen MR) is 83.7 cm³/mol. The number of hydrogen-bond acceptors (Lipinski definition) is 3. The highest BCUT2D eigenvalue weighted by atomic mass is 35.5. The molecule has 1 N–H and O–H groups in total. The Bertz CT molecular complexity index is 520. The number of halogens is 1. The van der Waals surface area contributed by atoms with E-state index in [9.17, 15) is 9.59 Å². The first-order valence-electron chi connectivity index (χ1n) is 6.88. The largest absolute Gasteiger partial charge is 0.481 e. The van der Waals surface area contributed by atoms with Crippen LogP contribution in [-0.4, -0.2) is 40.2 Å². The third-order valence-electron chi connectivity index (χ3n) is 3.72. The van der Waals surface area contributed by atoms with Crippen molar-refractivity contribution >= 4 is 35.2 Å². The summed E-state index contributed by atoms with van der Waals surface area (Å²) >= 11 is 7.30.